The first kappa shape index (κ1) is 17.0. The Labute approximate surface area is 152 Å². The molecule has 0 aromatic heterocycles. The Morgan fingerprint density at radius 1 is 1.08 bits per heavy atom. The number of imide groups is 1. The number of nitrogens with zero attached hydrogens (tertiary/aromatic N) is 1. The van der Waals surface area contributed by atoms with E-state index in [0.717, 1.165) is 16.7 Å². The molecule has 1 fully saturated rings. The first-order chi connectivity index (χ1) is 11.4. The summed E-state index contributed by atoms with van der Waals surface area (Å²) in [4.78, 5) is 26.0. The number of halogens is 3. The molecule has 0 spiro atoms. The van der Waals surface area contributed by atoms with Crippen LogP contribution in [-0.2, 0) is 11.3 Å². The van der Waals surface area contributed by atoms with Crippen LogP contribution in [0.3, 0.4) is 0 Å². The van der Waals surface area contributed by atoms with Crippen LogP contribution in [-0.4, -0.2) is 16.0 Å². The molecular formula is C17H10Cl2FNO2S. The Morgan fingerprint density at radius 2 is 1.79 bits per heavy atom. The number of hydrogen-bond donors (Lipinski definition) is 0. The van der Waals surface area contributed by atoms with Crippen molar-refractivity contribution >= 4 is 52.2 Å². The first-order valence-corrected chi connectivity index (χ1v) is 8.46. The number of benzene rings is 2. The Balaban J connectivity index is 1.82. The van der Waals surface area contributed by atoms with E-state index in [1.807, 2.05) is 0 Å². The predicted molar refractivity (Wildman–Crippen MR) is 94.4 cm³/mol. The van der Waals surface area contributed by atoms with E-state index in [0.29, 0.717) is 21.2 Å². The van der Waals surface area contributed by atoms with E-state index in [1.165, 1.54) is 12.1 Å². The second kappa shape index (κ2) is 6.97. The molecule has 0 atom stereocenters. The van der Waals surface area contributed by atoms with Crippen molar-refractivity contribution < 1.29 is 14.0 Å². The quantitative estimate of drug-likeness (QED) is 0.670. The Morgan fingerprint density at radius 3 is 2.46 bits per heavy atom. The van der Waals surface area contributed by atoms with Crippen molar-refractivity contribution in [1.82, 2.24) is 4.90 Å². The van der Waals surface area contributed by atoms with Crippen molar-refractivity contribution in [2.24, 2.45) is 0 Å². The molecule has 0 radical (unpaired) electrons. The summed E-state index contributed by atoms with van der Waals surface area (Å²) < 4.78 is 12.9. The maximum atomic E-state index is 12.9. The van der Waals surface area contributed by atoms with Crippen LogP contribution >= 0.6 is 35.0 Å². The molecule has 1 aliphatic heterocycles. The molecule has 0 unspecified atom stereocenters. The average Bonchev–Trinajstić information content (AvgIpc) is 2.79. The highest BCUT2D eigenvalue weighted by atomic mass is 35.5. The van der Waals surface area contributed by atoms with Gasteiger partial charge in [0.15, 0.2) is 0 Å². The fourth-order valence-electron chi connectivity index (χ4n) is 2.17. The minimum atomic E-state index is -0.402. The van der Waals surface area contributed by atoms with Crippen LogP contribution in [0.4, 0.5) is 9.18 Å². The van der Waals surface area contributed by atoms with Gasteiger partial charge in [-0.1, -0.05) is 41.4 Å². The third-order valence-electron chi connectivity index (χ3n) is 3.38. The van der Waals surface area contributed by atoms with Gasteiger partial charge in [-0.25, -0.2) is 4.39 Å². The average molecular weight is 382 g/mol. The van der Waals surface area contributed by atoms with E-state index < -0.39 is 5.91 Å². The highest BCUT2D eigenvalue weighted by Gasteiger charge is 2.35. The van der Waals surface area contributed by atoms with Gasteiger partial charge in [-0.15, -0.1) is 0 Å². The number of thioether (sulfide) groups is 1. The van der Waals surface area contributed by atoms with Gasteiger partial charge < -0.3 is 0 Å². The van der Waals surface area contributed by atoms with Gasteiger partial charge in [-0.2, -0.15) is 0 Å². The summed E-state index contributed by atoms with van der Waals surface area (Å²) in [5, 5.41) is 0.498. The number of carbonyl (C=O) groups is 2. The van der Waals surface area contributed by atoms with Crippen LogP contribution in [0.25, 0.3) is 6.08 Å². The van der Waals surface area contributed by atoms with Crippen molar-refractivity contribution in [3.63, 3.8) is 0 Å². The largest absolute Gasteiger partial charge is 0.293 e. The number of amides is 2. The van der Waals surface area contributed by atoms with Crippen LogP contribution < -0.4 is 0 Å². The van der Waals surface area contributed by atoms with E-state index in [4.69, 9.17) is 23.2 Å². The molecule has 3 nitrogen and oxygen atoms in total. The van der Waals surface area contributed by atoms with E-state index in [1.54, 1.807) is 36.4 Å². The van der Waals surface area contributed by atoms with E-state index in [2.05, 4.69) is 0 Å². The fourth-order valence-corrected chi connectivity index (χ4v) is 3.47. The molecule has 2 aromatic rings. The minimum absolute atomic E-state index is 0.0709. The normalized spacial score (nSPS) is 16.3. The maximum absolute atomic E-state index is 12.9. The summed E-state index contributed by atoms with van der Waals surface area (Å²) in [5.41, 5.74) is 1.28. The van der Waals surface area contributed by atoms with E-state index in [-0.39, 0.29) is 22.5 Å². The second-order valence-corrected chi connectivity index (χ2v) is 6.89. The van der Waals surface area contributed by atoms with Gasteiger partial charge in [0.2, 0.25) is 0 Å². The first-order valence-electron chi connectivity index (χ1n) is 6.89. The summed E-state index contributed by atoms with van der Waals surface area (Å²) in [6.45, 7) is 0.0709. The molecule has 0 bridgehead atoms. The Hall–Kier alpha value is -1.82. The number of hydrogen-bond acceptors (Lipinski definition) is 3. The molecular weight excluding hydrogens is 372 g/mol. The van der Waals surface area contributed by atoms with Crippen LogP contribution in [0.15, 0.2) is 47.4 Å². The lowest BCUT2D eigenvalue weighted by atomic mass is 10.2. The summed E-state index contributed by atoms with van der Waals surface area (Å²) in [5.74, 6) is -0.766. The number of carbonyl (C=O) groups excluding carboxylic acids is 2. The highest BCUT2D eigenvalue weighted by Crippen LogP contribution is 2.34. The molecule has 0 saturated carbocycles. The van der Waals surface area contributed by atoms with Crippen molar-refractivity contribution in [2.75, 3.05) is 0 Å². The standard InChI is InChI=1S/C17H10Cl2FNO2S/c18-12-4-3-11(14(19)8-12)9-21-16(22)15(24-17(21)23)7-10-1-5-13(20)6-2-10/h1-8H,9H2/b15-7-. The molecule has 0 N–H and O–H groups in total. The monoisotopic (exact) mass is 381 g/mol. The van der Waals surface area contributed by atoms with E-state index >= 15 is 0 Å². The maximum Gasteiger partial charge on any atom is 0.293 e. The van der Waals surface area contributed by atoms with Gasteiger partial charge >= 0.3 is 0 Å². The van der Waals surface area contributed by atoms with E-state index in [9.17, 15) is 14.0 Å². The third kappa shape index (κ3) is 3.64. The Kier molecular flexibility index (Phi) is 4.94. The van der Waals surface area contributed by atoms with Gasteiger partial charge in [0.05, 0.1) is 11.4 Å². The molecule has 122 valence electrons. The van der Waals surface area contributed by atoms with Crippen LogP contribution in [0, 0.1) is 5.82 Å². The summed E-state index contributed by atoms with van der Waals surface area (Å²) in [6, 6.07) is 10.6. The topological polar surface area (TPSA) is 37.4 Å². The lowest BCUT2D eigenvalue weighted by Gasteiger charge is -2.13. The molecule has 24 heavy (non-hydrogen) atoms. The molecule has 2 aromatic carbocycles. The SMILES string of the molecule is O=C1S/C(=C\c2ccc(F)cc2)C(=O)N1Cc1ccc(Cl)cc1Cl. The van der Waals surface area contributed by atoms with Crippen molar-refractivity contribution in [3.8, 4) is 0 Å². The highest BCUT2D eigenvalue weighted by molar-refractivity contribution is 8.18. The zero-order chi connectivity index (χ0) is 17.3. The van der Waals surface area contributed by atoms with Crippen LogP contribution in [0.5, 0.6) is 0 Å². The number of rotatable bonds is 3. The lowest BCUT2D eigenvalue weighted by Crippen LogP contribution is -2.27. The lowest BCUT2D eigenvalue weighted by molar-refractivity contribution is -0.123. The molecule has 1 heterocycles. The van der Waals surface area contributed by atoms with Crippen molar-refractivity contribution in [3.05, 3.63) is 74.4 Å². The third-order valence-corrected chi connectivity index (χ3v) is 4.88. The molecule has 1 saturated heterocycles. The van der Waals surface area contributed by atoms with Gasteiger partial charge in [-0.3, -0.25) is 14.5 Å². The van der Waals surface area contributed by atoms with Gasteiger partial charge in [-0.05, 0) is 53.2 Å². The second-order valence-electron chi connectivity index (χ2n) is 5.06. The predicted octanol–water partition coefficient (Wildman–Crippen LogP) is 5.37. The summed E-state index contributed by atoms with van der Waals surface area (Å²) in [6.07, 6.45) is 1.56. The van der Waals surface area contributed by atoms with Crippen LogP contribution in [0.2, 0.25) is 10.0 Å². The zero-order valence-corrected chi connectivity index (χ0v) is 14.5. The summed E-state index contributed by atoms with van der Waals surface area (Å²) >= 11 is 12.8. The minimum Gasteiger partial charge on any atom is -0.268 e. The van der Waals surface area contributed by atoms with Gasteiger partial charge in [0.1, 0.15) is 5.82 Å². The fraction of sp³-hybridized carbons (Fsp3) is 0.0588. The van der Waals surface area contributed by atoms with Crippen molar-refractivity contribution in [2.45, 2.75) is 6.54 Å². The smallest absolute Gasteiger partial charge is 0.268 e. The molecule has 3 rings (SSSR count). The molecule has 7 heteroatoms. The van der Waals surface area contributed by atoms with Gasteiger partial charge in [0, 0.05) is 10.0 Å². The van der Waals surface area contributed by atoms with Gasteiger partial charge in [0.25, 0.3) is 11.1 Å². The zero-order valence-electron chi connectivity index (χ0n) is 12.1. The molecule has 0 aliphatic carbocycles. The molecule has 1 aliphatic rings. The summed E-state index contributed by atoms with van der Waals surface area (Å²) in [7, 11) is 0. The van der Waals surface area contributed by atoms with Crippen LogP contribution in [0.1, 0.15) is 11.1 Å². The Bertz CT molecular complexity index is 852. The molecule has 2 amide bonds. The van der Waals surface area contributed by atoms with Crippen molar-refractivity contribution in [1.29, 1.82) is 0 Å².